The highest BCUT2D eigenvalue weighted by atomic mass is 16.5. The van der Waals surface area contributed by atoms with Gasteiger partial charge in [0.25, 0.3) is 5.91 Å². The zero-order valence-electron chi connectivity index (χ0n) is 14.2. The van der Waals surface area contributed by atoms with Crippen LogP contribution >= 0.6 is 0 Å². The number of hydrogen-bond acceptors (Lipinski definition) is 6. The van der Waals surface area contributed by atoms with E-state index in [1.807, 2.05) is 31.2 Å². The molecule has 0 amide bonds. The first-order valence-electron chi connectivity index (χ1n) is 7.60. The van der Waals surface area contributed by atoms with E-state index in [1.165, 1.54) is 14.2 Å². The Bertz CT molecular complexity index is 934. The van der Waals surface area contributed by atoms with Crippen molar-refractivity contribution >= 4 is 11.9 Å². The van der Waals surface area contributed by atoms with Gasteiger partial charge in [-0.2, -0.15) is 9.67 Å². The maximum absolute atomic E-state index is 12.7. The van der Waals surface area contributed by atoms with E-state index in [2.05, 4.69) is 10.1 Å². The Hall–Kier alpha value is -3.35. The molecule has 0 spiro atoms. The summed E-state index contributed by atoms with van der Waals surface area (Å²) < 4.78 is 11.5. The minimum absolute atomic E-state index is 0.0260. The third kappa shape index (κ3) is 3.03. The summed E-state index contributed by atoms with van der Waals surface area (Å²) in [6.45, 7) is 1.95. The number of nitrogens with two attached hydrogens (primary N) is 1. The van der Waals surface area contributed by atoms with Crippen LogP contribution in [-0.2, 0) is 0 Å². The van der Waals surface area contributed by atoms with Crippen LogP contribution in [0.3, 0.4) is 0 Å². The molecule has 0 radical (unpaired) electrons. The minimum Gasteiger partial charge on any atom is -0.493 e. The predicted octanol–water partition coefficient (Wildman–Crippen LogP) is 2.54. The summed E-state index contributed by atoms with van der Waals surface area (Å²) in [6, 6.07) is 12.5. The molecule has 2 N–H and O–H groups in total. The Morgan fingerprint density at radius 2 is 1.80 bits per heavy atom. The number of ether oxygens (including phenoxy) is 2. The van der Waals surface area contributed by atoms with E-state index in [4.69, 9.17) is 15.2 Å². The van der Waals surface area contributed by atoms with Crippen molar-refractivity contribution in [1.82, 2.24) is 14.8 Å². The van der Waals surface area contributed by atoms with Gasteiger partial charge in [0.1, 0.15) is 0 Å². The van der Waals surface area contributed by atoms with Gasteiger partial charge in [-0.1, -0.05) is 24.3 Å². The second-order valence-electron chi connectivity index (χ2n) is 5.40. The maximum Gasteiger partial charge on any atom is 0.281 e. The molecule has 0 fully saturated rings. The summed E-state index contributed by atoms with van der Waals surface area (Å²) in [5.74, 6) is 1.02. The van der Waals surface area contributed by atoms with Crippen LogP contribution in [0.2, 0.25) is 0 Å². The van der Waals surface area contributed by atoms with Crippen LogP contribution < -0.4 is 15.2 Å². The summed E-state index contributed by atoms with van der Waals surface area (Å²) in [6.07, 6.45) is 0. The van der Waals surface area contributed by atoms with E-state index in [1.54, 1.807) is 18.2 Å². The third-order valence-electron chi connectivity index (χ3n) is 3.84. The number of anilines is 1. The van der Waals surface area contributed by atoms with E-state index < -0.39 is 5.91 Å². The molecule has 0 aliphatic rings. The summed E-state index contributed by atoms with van der Waals surface area (Å²) in [7, 11) is 3.04. The number of carbonyl (C=O) groups is 1. The molecule has 7 nitrogen and oxygen atoms in total. The van der Waals surface area contributed by atoms with Crippen molar-refractivity contribution in [3.8, 4) is 22.9 Å². The number of methoxy groups -OCH3 is 2. The standard InChI is InChI=1S/C18H18N4O3/c1-11-6-4-5-7-13(11)16-20-18(19)22(21-16)17(23)12-8-9-14(24-2)15(10-12)25-3/h4-10H,1-3H3,(H2,19,20,21). The Morgan fingerprint density at radius 3 is 2.48 bits per heavy atom. The number of carbonyl (C=O) groups excluding carboxylic acids is 1. The summed E-state index contributed by atoms with van der Waals surface area (Å²) in [4.78, 5) is 17.0. The van der Waals surface area contributed by atoms with Crippen molar-refractivity contribution in [2.24, 2.45) is 0 Å². The Balaban J connectivity index is 2.00. The third-order valence-corrected chi connectivity index (χ3v) is 3.84. The quantitative estimate of drug-likeness (QED) is 0.786. The van der Waals surface area contributed by atoms with Crippen LogP contribution in [0.1, 0.15) is 15.9 Å². The highest BCUT2D eigenvalue weighted by Gasteiger charge is 2.19. The normalized spacial score (nSPS) is 10.5. The zero-order valence-corrected chi connectivity index (χ0v) is 14.2. The van der Waals surface area contributed by atoms with Crippen LogP contribution in [0, 0.1) is 6.92 Å². The number of aromatic nitrogens is 3. The highest BCUT2D eigenvalue weighted by Crippen LogP contribution is 2.28. The van der Waals surface area contributed by atoms with Crippen molar-refractivity contribution in [1.29, 1.82) is 0 Å². The fraction of sp³-hybridized carbons (Fsp3) is 0.167. The lowest BCUT2D eigenvalue weighted by Crippen LogP contribution is -2.16. The molecule has 2 aromatic carbocycles. The minimum atomic E-state index is -0.397. The monoisotopic (exact) mass is 338 g/mol. The second-order valence-corrected chi connectivity index (χ2v) is 5.40. The molecule has 0 unspecified atom stereocenters. The van der Waals surface area contributed by atoms with Crippen LogP contribution in [0.15, 0.2) is 42.5 Å². The van der Waals surface area contributed by atoms with Crippen LogP contribution in [0.25, 0.3) is 11.4 Å². The van der Waals surface area contributed by atoms with Crippen LogP contribution in [0.5, 0.6) is 11.5 Å². The number of benzene rings is 2. The second kappa shape index (κ2) is 6.64. The van der Waals surface area contributed by atoms with Gasteiger partial charge in [-0.15, -0.1) is 5.10 Å². The van der Waals surface area contributed by atoms with Gasteiger partial charge in [0.05, 0.1) is 14.2 Å². The van der Waals surface area contributed by atoms with E-state index in [0.29, 0.717) is 22.9 Å². The SMILES string of the molecule is COc1ccc(C(=O)n2nc(-c3ccccc3C)nc2N)cc1OC. The lowest BCUT2D eigenvalue weighted by Gasteiger charge is -2.09. The Labute approximate surface area is 145 Å². The first-order chi connectivity index (χ1) is 12.0. The Kier molecular flexibility index (Phi) is 4.38. The molecule has 3 aromatic rings. The average molecular weight is 338 g/mol. The van der Waals surface area contributed by atoms with Gasteiger partial charge in [-0.05, 0) is 30.7 Å². The smallest absolute Gasteiger partial charge is 0.281 e. The molecule has 0 aliphatic carbocycles. The van der Waals surface area contributed by atoms with Crippen LogP contribution in [-0.4, -0.2) is 34.9 Å². The van der Waals surface area contributed by atoms with Gasteiger partial charge in [0, 0.05) is 11.1 Å². The molecular weight excluding hydrogens is 320 g/mol. The molecule has 25 heavy (non-hydrogen) atoms. The first kappa shape index (κ1) is 16.5. The van der Waals surface area contributed by atoms with Crippen molar-refractivity contribution in [3.63, 3.8) is 0 Å². The first-order valence-corrected chi connectivity index (χ1v) is 7.60. The molecule has 7 heteroatoms. The van der Waals surface area contributed by atoms with E-state index in [0.717, 1.165) is 15.8 Å². The molecule has 0 bridgehead atoms. The summed E-state index contributed by atoms with van der Waals surface area (Å²) in [5.41, 5.74) is 8.10. The van der Waals surface area contributed by atoms with Gasteiger partial charge >= 0.3 is 0 Å². The van der Waals surface area contributed by atoms with Gasteiger partial charge < -0.3 is 15.2 Å². The van der Waals surface area contributed by atoms with Gasteiger partial charge in [-0.25, -0.2) is 0 Å². The van der Waals surface area contributed by atoms with Crippen molar-refractivity contribution in [2.45, 2.75) is 6.92 Å². The fourth-order valence-corrected chi connectivity index (χ4v) is 2.50. The number of rotatable bonds is 4. The van der Waals surface area contributed by atoms with Crippen LogP contribution in [0.4, 0.5) is 5.95 Å². The average Bonchev–Trinajstić information content (AvgIpc) is 3.02. The molecule has 1 heterocycles. The number of nitrogens with zero attached hydrogens (tertiary/aromatic N) is 3. The lowest BCUT2D eigenvalue weighted by molar-refractivity contribution is 0.0947. The van der Waals surface area contributed by atoms with Crippen molar-refractivity contribution in [3.05, 3.63) is 53.6 Å². The molecular formula is C18H18N4O3. The number of nitrogen functional groups attached to an aromatic ring is 1. The zero-order chi connectivity index (χ0) is 18.0. The molecule has 128 valence electrons. The van der Waals surface area contributed by atoms with Crippen molar-refractivity contribution in [2.75, 3.05) is 20.0 Å². The predicted molar refractivity (Wildman–Crippen MR) is 93.9 cm³/mol. The van der Waals surface area contributed by atoms with E-state index in [-0.39, 0.29) is 5.95 Å². The molecule has 3 rings (SSSR count). The fourth-order valence-electron chi connectivity index (χ4n) is 2.50. The highest BCUT2D eigenvalue weighted by molar-refractivity contribution is 5.97. The van der Waals surface area contributed by atoms with Gasteiger partial charge in [0.2, 0.25) is 5.95 Å². The summed E-state index contributed by atoms with van der Waals surface area (Å²) >= 11 is 0. The molecule has 0 saturated carbocycles. The number of aryl methyl sites for hydroxylation is 1. The van der Waals surface area contributed by atoms with E-state index in [9.17, 15) is 4.79 Å². The van der Waals surface area contributed by atoms with E-state index >= 15 is 0 Å². The molecule has 0 saturated heterocycles. The Morgan fingerprint density at radius 1 is 1.08 bits per heavy atom. The van der Waals surface area contributed by atoms with Gasteiger partial charge in [-0.3, -0.25) is 4.79 Å². The molecule has 1 aromatic heterocycles. The molecule has 0 atom stereocenters. The topological polar surface area (TPSA) is 92.3 Å². The summed E-state index contributed by atoms with van der Waals surface area (Å²) in [5, 5.41) is 4.27. The molecule has 0 aliphatic heterocycles. The largest absolute Gasteiger partial charge is 0.493 e. The maximum atomic E-state index is 12.7. The number of hydrogen-bond donors (Lipinski definition) is 1. The van der Waals surface area contributed by atoms with Gasteiger partial charge in [0.15, 0.2) is 17.3 Å². The lowest BCUT2D eigenvalue weighted by atomic mass is 10.1. The van der Waals surface area contributed by atoms with Crippen molar-refractivity contribution < 1.29 is 14.3 Å².